The predicted octanol–water partition coefficient (Wildman–Crippen LogP) is 3.29. The van der Waals surface area contributed by atoms with Crippen LogP contribution in [0.3, 0.4) is 0 Å². The van der Waals surface area contributed by atoms with Crippen molar-refractivity contribution in [2.75, 3.05) is 6.61 Å². The van der Waals surface area contributed by atoms with Gasteiger partial charge in [-0.15, -0.1) is 0 Å². The fourth-order valence-electron chi connectivity index (χ4n) is 2.57. The second kappa shape index (κ2) is 8.50. The number of rotatable bonds is 6. The van der Waals surface area contributed by atoms with Crippen LogP contribution in [-0.2, 0) is 16.1 Å². The zero-order valence-corrected chi connectivity index (χ0v) is 14.3. The minimum atomic E-state index is -0.633. The molecule has 1 aromatic heterocycles. The molecule has 27 heavy (non-hydrogen) atoms. The first-order valence-corrected chi connectivity index (χ1v) is 8.24. The lowest BCUT2D eigenvalue weighted by Gasteiger charge is -2.11. The third kappa shape index (κ3) is 4.41. The van der Waals surface area contributed by atoms with Crippen LogP contribution in [0.4, 0.5) is 0 Å². The van der Waals surface area contributed by atoms with Crippen LogP contribution < -0.4 is 5.32 Å². The number of nitriles is 1. The summed E-state index contributed by atoms with van der Waals surface area (Å²) in [6.07, 6.45) is 1.51. The minimum absolute atomic E-state index is 0.218. The maximum Gasteiger partial charge on any atom is 0.339 e. The number of esters is 1. The highest BCUT2D eigenvalue weighted by Crippen LogP contribution is 2.27. The molecule has 1 amide bonds. The number of nitrogens with zero attached hydrogens (tertiary/aromatic N) is 1. The summed E-state index contributed by atoms with van der Waals surface area (Å²) in [7, 11) is 0. The first-order chi connectivity index (χ1) is 13.2. The SMILES string of the molecule is N#Cc1ccccc1-c1ccccc1C(=O)OCC(=O)NCc1ccco1. The van der Waals surface area contributed by atoms with Crippen LogP contribution in [0.15, 0.2) is 71.3 Å². The Morgan fingerprint density at radius 1 is 1.00 bits per heavy atom. The molecule has 0 fully saturated rings. The van der Waals surface area contributed by atoms with Gasteiger partial charge < -0.3 is 14.5 Å². The van der Waals surface area contributed by atoms with E-state index in [0.29, 0.717) is 28.0 Å². The predicted molar refractivity (Wildman–Crippen MR) is 97.4 cm³/mol. The van der Waals surface area contributed by atoms with Crippen molar-refractivity contribution in [2.45, 2.75) is 6.54 Å². The molecule has 0 aliphatic rings. The highest BCUT2D eigenvalue weighted by atomic mass is 16.5. The molecule has 0 aliphatic carbocycles. The van der Waals surface area contributed by atoms with E-state index in [1.54, 1.807) is 60.7 Å². The van der Waals surface area contributed by atoms with Crippen LogP contribution in [0.25, 0.3) is 11.1 Å². The molecule has 1 N–H and O–H groups in total. The van der Waals surface area contributed by atoms with E-state index in [1.165, 1.54) is 6.26 Å². The third-order valence-electron chi connectivity index (χ3n) is 3.86. The Morgan fingerprint density at radius 3 is 2.48 bits per heavy atom. The Labute approximate surface area is 156 Å². The van der Waals surface area contributed by atoms with Gasteiger partial charge in [0.05, 0.1) is 30.0 Å². The number of hydrogen-bond donors (Lipinski definition) is 1. The highest BCUT2D eigenvalue weighted by Gasteiger charge is 2.17. The standard InChI is InChI=1S/C21H16N2O4/c22-12-15-6-1-2-8-17(15)18-9-3-4-10-19(18)21(25)27-14-20(24)23-13-16-7-5-11-26-16/h1-11H,13-14H2,(H,23,24). The van der Waals surface area contributed by atoms with Gasteiger partial charge in [-0.25, -0.2) is 4.79 Å². The molecule has 6 heteroatoms. The van der Waals surface area contributed by atoms with E-state index < -0.39 is 18.5 Å². The van der Waals surface area contributed by atoms with Gasteiger partial charge in [-0.1, -0.05) is 36.4 Å². The van der Waals surface area contributed by atoms with Gasteiger partial charge in [-0.3, -0.25) is 4.79 Å². The number of ether oxygens (including phenoxy) is 1. The molecular formula is C21H16N2O4. The number of nitrogens with one attached hydrogen (secondary N) is 1. The quantitative estimate of drug-likeness (QED) is 0.681. The average Bonchev–Trinajstić information content (AvgIpc) is 3.24. The smallest absolute Gasteiger partial charge is 0.339 e. The number of hydrogen-bond acceptors (Lipinski definition) is 5. The second-order valence-electron chi connectivity index (χ2n) is 5.64. The molecule has 134 valence electrons. The summed E-state index contributed by atoms with van der Waals surface area (Å²) >= 11 is 0. The Kier molecular flexibility index (Phi) is 5.65. The normalized spacial score (nSPS) is 10.0. The second-order valence-corrected chi connectivity index (χ2v) is 5.64. The minimum Gasteiger partial charge on any atom is -0.467 e. The number of amides is 1. The van der Waals surface area contributed by atoms with E-state index in [-0.39, 0.29) is 6.54 Å². The van der Waals surface area contributed by atoms with Crippen molar-refractivity contribution < 1.29 is 18.7 Å². The zero-order valence-electron chi connectivity index (χ0n) is 14.3. The Hall–Kier alpha value is -3.85. The fourth-order valence-corrected chi connectivity index (χ4v) is 2.57. The zero-order chi connectivity index (χ0) is 19.1. The lowest BCUT2D eigenvalue weighted by atomic mass is 9.96. The largest absolute Gasteiger partial charge is 0.467 e. The summed E-state index contributed by atoms with van der Waals surface area (Å²) in [6.45, 7) is -0.191. The molecule has 1 heterocycles. The van der Waals surface area contributed by atoms with Gasteiger partial charge in [0.2, 0.25) is 0 Å². The summed E-state index contributed by atoms with van der Waals surface area (Å²) in [6, 6.07) is 19.4. The first-order valence-electron chi connectivity index (χ1n) is 8.24. The van der Waals surface area contributed by atoms with Crippen LogP contribution >= 0.6 is 0 Å². The van der Waals surface area contributed by atoms with E-state index in [2.05, 4.69) is 11.4 Å². The molecule has 3 aromatic rings. The Balaban J connectivity index is 1.69. The van der Waals surface area contributed by atoms with Crippen LogP contribution in [0.2, 0.25) is 0 Å². The molecule has 0 saturated carbocycles. The van der Waals surface area contributed by atoms with Gasteiger partial charge in [0.1, 0.15) is 5.76 Å². The maximum atomic E-state index is 12.5. The fraction of sp³-hybridized carbons (Fsp3) is 0.0952. The lowest BCUT2D eigenvalue weighted by Crippen LogP contribution is -2.28. The molecule has 6 nitrogen and oxygen atoms in total. The highest BCUT2D eigenvalue weighted by molar-refractivity contribution is 5.98. The molecule has 0 radical (unpaired) electrons. The Bertz CT molecular complexity index is 987. The number of furan rings is 1. The summed E-state index contributed by atoms with van der Waals surface area (Å²) in [5, 5.41) is 11.9. The molecule has 2 aromatic carbocycles. The molecule has 0 atom stereocenters. The monoisotopic (exact) mass is 360 g/mol. The van der Waals surface area contributed by atoms with E-state index in [4.69, 9.17) is 9.15 Å². The van der Waals surface area contributed by atoms with E-state index in [1.807, 2.05) is 0 Å². The van der Waals surface area contributed by atoms with Crippen LogP contribution in [0.5, 0.6) is 0 Å². The van der Waals surface area contributed by atoms with Crippen molar-refractivity contribution in [3.8, 4) is 17.2 Å². The number of carbonyl (C=O) groups is 2. The molecule has 0 unspecified atom stereocenters. The summed E-state index contributed by atoms with van der Waals surface area (Å²) < 4.78 is 10.2. The number of benzene rings is 2. The summed E-state index contributed by atoms with van der Waals surface area (Å²) in [5.41, 5.74) is 1.96. The third-order valence-corrected chi connectivity index (χ3v) is 3.86. The summed E-state index contributed by atoms with van der Waals surface area (Å²) in [4.78, 5) is 24.3. The van der Waals surface area contributed by atoms with Gasteiger partial charge in [0.15, 0.2) is 6.61 Å². The van der Waals surface area contributed by atoms with Gasteiger partial charge in [0.25, 0.3) is 5.91 Å². The Morgan fingerprint density at radius 2 is 1.74 bits per heavy atom. The molecular weight excluding hydrogens is 344 g/mol. The number of carbonyl (C=O) groups excluding carboxylic acids is 2. The van der Waals surface area contributed by atoms with E-state index >= 15 is 0 Å². The van der Waals surface area contributed by atoms with Crippen molar-refractivity contribution >= 4 is 11.9 Å². The lowest BCUT2D eigenvalue weighted by molar-refractivity contribution is -0.124. The van der Waals surface area contributed by atoms with Crippen LogP contribution in [0, 0.1) is 11.3 Å². The van der Waals surface area contributed by atoms with Gasteiger partial charge in [0, 0.05) is 5.56 Å². The van der Waals surface area contributed by atoms with Crippen molar-refractivity contribution in [2.24, 2.45) is 0 Å². The maximum absolute atomic E-state index is 12.5. The first kappa shape index (κ1) is 18.0. The van der Waals surface area contributed by atoms with Crippen molar-refractivity contribution in [1.82, 2.24) is 5.32 Å². The van der Waals surface area contributed by atoms with Gasteiger partial charge >= 0.3 is 5.97 Å². The molecule has 0 aliphatic heterocycles. The molecule has 0 saturated heterocycles. The van der Waals surface area contributed by atoms with E-state index in [9.17, 15) is 14.9 Å². The average molecular weight is 360 g/mol. The topological polar surface area (TPSA) is 92.3 Å². The van der Waals surface area contributed by atoms with Gasteiger partial charge in [-0.05, 0) is 29.8 Å². The summed E-state index contributed by atoms with van der Waals surface area (Å²) in [5.74, 6) is -0.464. The van der Waals surface area contributed by atoms with Crippen molar-refractivity contribution in [1.29, 1.82) is 5.26 Å². The molecule has 0 bridgehead atoms. The van der Waals surface area contributed by atoms with Gasteiger partial charge in [-0.2, -0.15) is 5.26 Å². The molecule has 3 rings (SSSR count). The van der Waals surface area contributed by atoms with Crippen molar-refractivity contribution in [3.05, 3.63) is 83.8 Å². The van der Waals surface area contributed by atoms with Crippen LogP contribution in [0.1, 0.15) is 21.7 Å². The molecule has 0 spiro atoms. The van der Waals surface area contributed by atoms with Crippen molar-refractivity contribution in [3.63, 3.8) is 0 Å². The van der Waals surface area contributed by atoms with E-state index in [0.717, 1.165) is 0 Å². The van der Waals surface area contributed by atoms with Crippen LogP contribution in [-0.4, -0.2) is 18.5 Å².